The van der Waals surface area contributed by atoms with Crippen LogP contribution in [0, 0.1) is 0 Å². The van der Waals surface area contributed by atoms with Crippen molar-refractivity contribution in [2.45, 2.75) is 0 Å². The lowest BCUT2D eigenvalue weighted by molar-refractivity contribution is 0.104. The Hall–Kier alpha value is -2.55. The summed E-state index contributed by atoms with van der Waals surface area (Å²) in [5, 5.41) is 0. The van der Waals surface area contributed by atoms with Gasteiger partial charge in [0.05, 0.1) is 7.11 Å². The Labute approximate surface area is 117 Å². The summed E-state index contributed by atoms with van der Waals surface area (Å²) in [6.45, 7) is 4.02. The van der Waals surface area contributed by atoms with Gasteiger partial charge in [0.25, 0.3) is 0 Å². The van der Waals surface area contributed by atoms with Crippen LogP contribution < -0.4 is 9.47 Å². The highest BCUT2D eigenvalue weighted by Gasteiger charge is 2.30. The topological polar surface area (TPSA) is 35.5 Å². The van der Waals surface area contributed by atoms with Crippen LogP contribution >= 0.6 is 0 Å². The van der Waals surface area contributed by atoms with E-state index in [4.69, 9.17) is 9.47 Å². The van der Waals surface area contributed by atoms with Crippen molar-refractivity contribution in [2.24, 2.45) is 0 Å². The third-order valence-corrected chi connectivity index (χ3v) is 3.37. The molecule has 0 saturated carbocycles. The van der Waals surface area contributed by atoms with Crippen LogP contribution in [0.3, 0.4) is 0 Å². The van der Waals surface area contributed by atoms with Crippen LogP contribution in [-0.4, -0.2) is 19.5 Å². The molecule has 1 aliphatic carbocycles. The van der Waals surface area contributed by atoms with Gasteiger partial charge in [-0.15, -0.1) is 0 Å². The van der Waals surface area contributed by atoms with Crippen LogP contribution in [0.1, 0.15) is 15.9 Å². The SMILES string of the molecule is C=CCOc1c(OC)ccc2c1-c1ccccc1C2=O. The molecule has 0 radical (unpaired) electrons. The van der Waals surface area contributed by atoms with E-state index >= 15 is 0 Å². The van der Waals surface area contributed by atoms with Crippen molar-refractivity contribution in [1.29, 1.82) is 0 Å². The number of carbonyl (C=O) groups excluding carboxylic acids is 1. The quantitative estimate of drug-likeness (QED) is 0.678. The number of hydrogen-bond donors (Lipinski definition) is 0. The van der Waals surface area contributed by atoms with E-state index < -0.39 is 0 Å². The zero-order valence-electron chi connectivity index (χ0n) is 11.2. The Bertz CT molecular complexity index is 701. The summed E-state index contributed by atoms with van der Waals surface area (Å²) in [6.07, 6.45) is 1.67. The van der Waals surface area contributed by atoms with E-state index in [-0.39, 0.29) is 5.78 Å². The lowest BCUT2D eigenvalue weighted by atomic mass is 10.0. The molecule has 0 unspecified atom stereocenters. The number of ketones is 1. The number of carbonyl (C=O) groups is 1. The van der Waals surface area contributed by atoms with Crippen molar-refractivity contribution in [3.05, 3.63) is 60.2 Å². The Balaban J connectivity index is 2.27. The maximum absolute atomic E-state index is 12.4. The fourth-order valence-corrected chi connectivity index (χ4v) is 2.51. The van der Waals surface area contributed by atoms with Crippen LogP contribution in [0.2, 0.25) is 0 Å². The Morgan fingerprint density at radius 3 is 2.55 bits per heavy atom. The minimum Gasteiger partial charge on any atom is -0.493 e. The van der Waals surface area contributed by atoms with E-state index in [0.717, 1.165) is 11.1 Å². The molecule has 100 valence electrons. The second kappa shape index (κ2) is 4.85. The molecule has 0 N–H and O–H groups in total. The average molecular weight is 266 g/mol. The van der Waals surface area contributed by atoms with Gasteiger partial charge in [0.15, 0.2) is 17.3 Å². The van der Waals surface area contributed by atoms with E-state index in [0.29, 0.717) is 29.2 Å². The van der Waals surface area contributed by atoms with Crippen molar-refractivity contribution >= 4 is 5.78 Å². The number of ether oxygens (including phenoxy) is 2. The van der Waals surface area contributed by atoms with Crippen LogP contribution in [0.5, 0.6) is 11.5 Å². The molecule has 0 fully saturated rings. The highest BCUT2D eigenvalue weighted by atomic mass is 16.5. The highest BCUT2D eigenvalue weighted by Crippen LogP contribution is 2.46. The largest absolute Gasteiger partial charge is 0.493 e. The first kappa shape index (κ1) is 12.5. The van der Waals surface area contributed by atoms with Crippen molar-refractivity contribution in [1.82, 2.24) is 0 Å². The van der Waals surface area contributed by atoms with Crippen LogP contribution in [0.15, 0.2) is 49.1 Å². The zero-order chi connectivity index (χ0) is 14.1. The third kappa shape index (κ3) is 1.71. The monoisotopic (exact) mass is 266 g/mol. The van der Waals surface area contributed by atoms with E-state index in [9.17, 15) is 4.79 Å². The molecule has 0 atom stereocenters. The zero-order valence-corrected chi connectivity index (χ0v) is 11.2. The van der Waals surface area contributed by atoms with Crippen molar-refractivity contribution < 1.29 is 14.3 Å². The predicted molar refractivity (Wildman–Crippen MR) is 77.6 cm³/mol. The summed E-state index contributed by atoms with van der Waals surface area (Å²) in [5.74, 6) is 1.25. The van der Waals surface area contributed by atoms with Crippen molar-refractivity contribution in [2.75, 3.05) is 13.7 Å². The fourth-order valence-electron chi connectivity index (χ4n) is 2.51. The van der Waals surface area contributed by atoms with E-state index in [1.807, 2.05) is 24.3 Å². The van der Waals surface area contributed by atoms with Gasteiger partial charge in [-0.3, -0.25) is 4.79 Å². The maximum Gasteiger partial charge on any atom is 0.194 e. The third-order valence-electron chi connectivity index (χ3n) is 3.37. The molecule has 0 heterocycles. The van der Waals surface area contributed by atoms with Crippen LogP contribution in [0.4, 0.5) is 0 Å². The molecule has 0 saturated heterocycles. The lowest BCUT2D eigenvalue weighted by Crippen LogP contribution is -2.00. The van der Waals surface area contributed by atoms with Gasteiger partial charge in [0.1, 0.15) is 6.61 Å². The molecule has 3 heteroatoms. The normalized spacial score (nSPS) is 11.8. The molecule has 3 rings (SSSR count). The molecule has 0 aromatic heterocycles. The van der Waals surface area contributed by atoms with Crippen LogP contribution in [-0.2, 0) is 0 Å². The van der Waals surface area contributed by atoms with Gasteiger partial charge in [0, 0.05) is 16.7 Å². The Kier molecular flexibility index (Phi) is 3.03. The molecular weight excluding hydrogens is 252 g/mol. The number of fused-ring (bicyclic) bond motifs is 3. The minimum atomic E-state index is 0.0294. The van der Waals surface area contributed by atoms with Gasteiger partial charge < -0.3 is 9.47 Å². The Morgan fingerprint density at radius 1 is 1.10 bits per heavy atom. The molecule has 0 bridgehead atoms. The molecule has 3 nitrogen and oxygen atoms in total. The van der Waals surface area contributed by atoms with Gasteiger partial charge in [-0.25, -0.2) is 0 Å². The molecule has 1 aliphatic rings. The summed E-state index contributed by atoms with van der Waals surface area (Å²) >= 11 is 0. The summed E-state index contributed by atoms with van der Waals surface area (Å²) in [7, 11) is 1.59. The molecule has 0 spiro atoms. The fraction of sp³-hybridized carbons (Fsp3) is 0.118. The standard InChI is InChI=1S/C17H14O3/c1-3-10-20-17-14(19-2)9-8-13-15(17)11-6-4-5-7-12(11)16(13)18/h3-9H,1,10H2,2H3. The smallest absolute Gasteiger partial charge is 0.194 e. The number of methoxy groups -OCH3 is 1. The van der Waals surface area contributed by atoms with Gasteiger partial charge in [-0.05, 0) is 17.7 Å². The van der Waals surface area contributed by atoms with Crippen molar-refractivity contribution in [3.8, 4) is 22.6 Å². The summed E-state index contributed by atoms with van der Waals surface area (Å²) in [5.41, 5.74) is 3.07. The summed E-state index contributed by atoms with van der Waals surface area (Å²) < 4.78 is 11.1. The Morgan fingerprint density at radius 2 is 1.85 bits per heavy atom. The minimum absolute atomic E-state index is 0.0294. The number of benzene rings is 2. The molecule has 2 aromatic rings. The van der Waals surface area contributed by atoms with Gasteiger partial charge in [-0.1, -0.05) is 36.9 Å². The molecule has 2 aromatic carbocycles. The first-order chi connectivity index (χ1) is 9.77. The number of rotatable bonds is 4. The van der Waals surface area contributed by atoms with Gasteiger partial charge >= 0.3 is 0 Å². The predicted octanol–water partition coefficient (Wildman–Crippen LogP) is 3.47. The van der Waals surface area contributed by atoms with Gasteiger partial charge in [0.2, 0.25) is 0 Å². The van der Waals surface area contributed by atoms with E-state index in [1.165, 1.54) is 0 Å². The molecular formula is C17H14O3. The molecule has 20 heavy (non-hydrogen) atoms. The lowest BCUT2D eigenvalue weighted by Gasteiger charge is -2.13. The second-order valence-electron chi connectivity index (χ2n) is 4.49. The number of hydrogen-bond acceptors (Lipinski definition) is 3. The van der Waals surface area contributed by atoms with E-state index in [1.54, 1.807) is 25.3 Å². The van der Waals surface area contributed by atoms with Gasteiger partial charge in [-0.2, -0.15) is 0 Å². The highest BCUT2D eigenvalue weighted by molar-refractivity contribution is 6.22. The first-order valence-corrected chi connectivity index (χ1v) is 6.36. The first-order valence-electron chi connectivity index (χ1n) is 6.36. The summed E-state index contributed by atoms with van der Waals surface area (Å²) in [6, 6.07) is 11.1. The summed E-state index contributed by atoms with van der Waals surface area (Å²) in [4.78, 5) is 12.4. The second-order valence-corrected chi connectivity index (χ2v) is 4.49. The average Bonchev–Trinajstić information content (AvgIpc) is 2.79. The van der Waals surface area contributed by atoms with Crippen LogP contribution in [0.25, 0.3) is 11.1 Å². The molecule has 0 aliphatic heterocycles. The maximum atomic E-state index is 12.4. The van der Waals surface area contributed by atoms with Crippen molar-refractivity contribution in [3.63, 3.8) is 0 Å². The van der Waals surface area contributed by atoms with E-state index in [2.05, 4.69) is 6.58 Å². The molecule has 0 amide bonds.